The van der Waals surface area contributed by atoms with Gasteiger partial charge in [-0.25, -0.2) is 4.98 Å². The average Bonchev–Trinajstić information content (AvgIpc) is 2.28. The van der Waals surface area contributed by atoms with E-state index in [1.807, 2.05) is 13.8 Å². The van der Waals surface area contributed by atoms with E-state index in [4.69, 9.17) is 5.11 Å². The number of hydrogen-bond acceptors (Lipinski definition) is 5. The van der Waals surface area contributed by atoms with Crippen LogP contribution < -0.4 is 5.32 Å². The Morgan fingerprint density at radius 2 is 2.25 bits per heavy atom. The Morgan fingerprint density at radius 1 is 1.56 bits per heavy atom. The summed E-state index contributed by atoms with van der Waals surface area (Å²) in [7, 11) is 0. The number of nitro groups is 1. The first kappa shape index (κ1) is 12.4. The van der Waals surface area contributed by atoms with Gasteiger partial charge in [0.25, 0.3) is 5.69 Å². The van der Waals surface area contributed by atoms with Crippen molar-refractivity contribution in [2.24, 2.45) is 5.92 Å². The second-order valence-electron chi connectivity index (χ2n) is 3.75. The molecule has 16 heavy (non-hydrogen) atoms. The quantitative estimate of drug-likeness (QED) is 0.584. The Kier molecular flexibility index (Phi) is 4.19. The molecule has 0 saturated carbocycles. The molecule has 0 aromatic carbocycles. The van der Waals surface area contributed by atoms with Gasteiger partial charge in [-0.1, -0.05) is 6.92 Å². The van der Waals surface area contributed by atoms with Crippen LogP contribution in [0.15, 0.2) is 18.3 Å². The van der Waals surface area contributed by atoms with Crippen LogP contribution in [0.25, 0.3) is 0 Å². The van der Waals surface area contributed by atoms with E-state index in [-0.39, 0.29) is 24.3 Å². The summed E-state index contributed by atoms with van der Waals surface area (Å²) in [6.07, 6.45) is 1.21. The summed E-state index contributed by atoms with van der Waals surface area (Å²) in [6.45, 7) is 3.91. The largest absolute Gasteiger partial charge is 0.396 e. The maximum Gasteiger partial charge on any atom is 0.287 e. The molecule has 2 atom stereocenters. The summed E-state index contributed by atoms with van der Waals surface area (Å²) in [5.41, 5.74) is -0.0339. The molecule has 1 rings (SSSR count). The lowest BCUT2D eigenvalue weighted by Gasteiger charge is -2.19. The second-order valence-corrected chi connectivity index (χ2v) is 3.75. The van der Waals surface area contributed by atoms with Crippen molar-refractivity contribution in [2.75, 3.05) is 11.9 Å². The predicted molar refractivity (Wildman–Crippen MR) is 60.2 cm³/mol. The molecule has 0 spiro atoms. The molecule has 6 heteroatoms. The predicted octanol–water partition coefficient (Wildman–Crippen LogP) is 1.42. The number of aromatic nitrogens is 1. The number of aliphatic hydroxyl groups excluding tert-OH is 1. The lowest BCUT2D eigenvalue weighted by molar-refractivity contribution is -0.385. The molecule has 0 aliphatic carbocycles. The molecule has 0 aliphatic heterocycles. The Morgan fingerprint density at radius 3 is 2.69 bits per heavy atom. The van der Waals surface area contributed by atoms with E-state index in [9.17, 15) is 10.1 Å². The highest BCUT2D eigenvalue weighted by molar-refractivity contribution is 5.40. The number of aliphatic hydroxyl groups is 1. The molecule has 0 radical (unpaired) electrons. The number of nitrogens with one attached hydrogen (secondary N) is 1. The van der Waals surface area contributed by atoms with Crippen molar-refractivity contribution >= 4 is 11.5 Å². The Labute approximate surface area is 93.5 Å². The van der Waals surface area contributed by atoms with E-state index >= 15 is 0 Å². The smallest absolute Gasteiger partial charge is 0.287 e. The molecule has 1 heterocycles. The van der Waals surface area contributed by atoms with Crippen LogP contribution in [0, 0.1) is 16.0 Å². The lowest BCUT2D eigenvalue weighted by atomic mass is 10.1. The number of anilines is 1. The Bertz CT molecular complexity index is 353. The molecular formula is C10H15N3O3. The molecule has 88 valence electrons. The molecule has 6 nitrogen and oxygen atoms in total. The van der Waals surface area contributed by atoms with Crippen LogP contribution in [0.1, 0.15) is 13.8 Å². The summed E-state index contributed by atoms with van der Waals surface area (Å²) in [5, 5.41) is 22.4. The number of hydrogen-bond donors (Lipinski definition) is 2. The Balaban J connectivity index is 2.65. The average molecular weight is 225 g/mol. The summed E-state index contributed by atoms with van der Waals surface area (Å²) in [6, 6.07) is 3.00. The van der Waals surface area contributed by atoms with Gasteiger partial charge in [-0.15, -0.1) is 0 Å². The third-order valence-corrected chi connectivity index (χ3v) is 2.48. The first-order chi connectivity index (χ1) is 7.54. The summed E-state index contributed by atoms with van der Waals surface area (Å²) >= 11 is 0. The van der Waals surface area contributed by atoms with Crippen molar-refractivity contribution in [2.45, 2.75) is 19.9 Å². The van der Waals surface area contributed by atoms with Crippen molar-refractivity contribution < 1.29 is 10.0 Å². The molecule has 1 aromatic rings. The van der Waals surface area contributed by atoms with Crippen LogP contribution in [0.3, 0.4) is 0 Å². The van der Waals surface area contributed by atoms with Gasteiger partial charge in [0, 0.05) is 18.7 Å². The normalized spacial score (nSPS) is 14.2. The van der Waals surface area contributed by atoms with Gasteiger partial charge < -0.3 is 10.4 Å². The van der Waals surface area contributed by atoms with Crippen molar-refractivity contribution in [3.8, 4) is 0 Å². The number of rotatable bonds is 5. The summed E-state index contributed by atoms with van der Waals surface area (Å²) < 4.78 is 0. The number of pyridine rings is 1. The van der Waals surface area contributed by atoms with E-state index in [0.717, 1.165) is 0 Å². The third kappa shape index (κ3) is 3.16. The van der Waals surface area contributed by atoms with Crippen LogP contribution >= 0.6 is 0 Å². The fraction of sp³-hybridized carbons (Fsp3) is 0.500. The van der Waals surface area contributed by atoms with Crippen LogP contribution in [0.5, 0.6) is 0 Å². The van der Waals surface area contributed by atoms with Gasteiger partial charge in [0.05, 0.1) is 4.92 Å². The fourth-order valence-electron chi connectivity index (χ4n) is 1.11. The minimum Gasteiger partial charge on any atom is -0.396 e. The molecule has 2 unspecified atom stereocenters. The zero-order valence-electron chi connectivity index (χ0n) is 9.25. The van der Waals surface area contributed by atoms with Crippen LogP contribution in [0.2, 0.25) is 0 Å². The highest BCUT2D eigenvalue weighted by Crippen LogP contribution is 2.14. The molecule has 1 aromatic heterocycles. The highest BCUT2D eigenvalue weighted by Gasteiger charge is 2.12. The van der Waals surface area contributed by atoms with E-state index in [2.05, 4.69) is 10.3 Å². The minimum atomic E-state index is -0.490. The van der Waals surface area contributed by atoms with Gasteiger partial charge in [0.1, 0.15) is 12.0 Å². The van der Waals surface area contributed by atoms with Crippen molar-refractivity contribution in [3.05, 3.63) is 28.4 Å². The molecular weight excluding hydrogens is 210 g/mol. The van der Waals surface area contributed by atoms with E-state index < -0.39 is 4.92 Å². The molecule has 0 fully saturated rings. The first-order valence-electron chi connectivity index (χ1n) is 5.02. The van der Waals surface area contributed by atoms with Gasteiger partial charge in [0.15, 0.2) is 0 Å². The topological polar surface area (TPSA) is 88.3 Å². The standard InChI is InChI=1S/C10H15N3O3/c1-7(6-14)8(2)12-10-4-3-9(5-11-10)13(15)16/h3-5,7-8,14H,6H2,1-2H3,(H,11,12). The third-order valence-electron chi connectivity index (χ3n) is 2.48. The van der Waals surface area contributed by atoms with Crippen molar-refractivity contribution in [1.82, 2.24) is 4.98 Å². The lowest BCUT2D eigenvalue weighted by Crippen LogP contribution is -2.26. The molecule has 0 saturated heterocycles. The van der Waals surface area contributed by atoms with Crippen LogP contribution in [0.4, 0.5) is 11.5 Å². The maximum absolute atomic E-state index is 10.4. The summed E-state index contributed by atoms with van der Waals surface area (Å²) in [4.78, 5) is 13.8. The van der Waals surface area contributed by atoms with Gasteiger partial charge in [0.2, 0.25) is 0 Å². The van der Waals surface area contributed by atoms with E-state index in [1.54, 1.807) is 6.07 Å². The fourth-order valence-corrected chi connectivity index (χ4v) is 1.11. The van der Waals surface area contributed by atoms with E-state index in [0.29, 0.717) is 5.82 Å². The monoisotopic (exact) mass is 225 g/mol. The maximum atomic E-state index is 10.4. The zero-order valence-corrected chi connectivity index (χ0v) is 9.25. The van der Waals surface area contributed by atoms with Gasteiger partial charge in [-0.05, 0) is 18.9 Å². The van der Waals surface area contributed by atoms with Gasteiger partial charge in [-0.3, -0.25) is 10.1 Å². The van der Waals surface area contributed by atoms with Gasteiger partial charge >= 0.3 is 0 Å². The van der Waals surface area contributed by atoms with Crippen LogP contribution in [-0.4, -0.2) is 27.7 Å². The second kappa shape index (κ2) is 5.41. The Hall–Kier alpha value is -1.69. The molecule has 0 bridgehead atoms. The van der Waals surface area contributed by atoms with Gasteiger partial charge in [-0.2, -0.15) is 0 Å². The zero-order chi connectivity index (χ0) is 12.1. The minimum absolute atomic E-state index is 0.0339. The first-order valence-corrected chi connectivity index (χ1v) is 5.02. The van der Waals surface area contributed by atoms with E-state index in [1.165, 1.54) is 12.3 Å². The number of nitrogens with zero attached hydrogens (tertiary/aromatic N) is 2. The molecule has 0 amide bonds. The molecule has 2 N–H and O–H groups in total. The highest BCUT2D eigenvalue weighted by atomic mass is 16.6. The SMILES string of the molecule is CC(CO)C(C)Nc1ccc([N+](=O)[O-])cn1. The molecule has 0 aliphatic rings. The van der Waals surface area contributed by atoms with Crippen molar-refractivity contribution in [3.63, 3.8) is 0 Å². The summed E-state index contributed by atoms with van der Waals surface area (Å²) in [5.74, 6) is 0.662. The van der Waals surface area contributed by atoms with Crippen LogP contribution in [-0.2, 0) is 0 Å². The van der Waals surface area contributed by atoms with Crippen molar-refractivity contribution in [1.29, 1.82) is 0 Å².